The highest BCUT2D eigenvalue weighted by Gasteiger charge is 2.16. The lowest BCUT2D eigenvalue weighted by molar-refractivity contribution is 0.439. The van der Waals surface area contributed by atoms with Crippen molar-refractivity contribution < 1.29 is 0 Å². The van der Waals surface area contributed by atoms with E-state index in [1.54, 1.807) is 0 Å². The van der Waals surface area contributed by atoms with Crippen LogP contribution in [-0.2, 0) is 6.54 Å². The van der Waals surface area contributed by atoms with Gasteiger partial charge < -0.3 is 15.2 Å². The molecule has 0 saturated heterocycles. The molecule has 0 saturated carbocycles. The van der Waals surface area contributed by atoms with Gasteiger partial charge in [-0.05, 0) is 37.3 Å². The van der Waals surface area contributed by atoms with Crippen molar-refractivity contribution in [1.82, 2.24) is 24.5 Å². The maximum Gasteiger partial charge on any atom is 0.226 e. The lowest BCUT2D eigenvalue weighted by atomic mass is 9.98. The number of aromatic nitrogens is 5. The molecule has 7 nitrogen and oxygen atoms in total. The average Bonchev–Trinajstić information content (AvgIpc) is 3.26. The molecular formula is C26H33N7. The molecule has 33 heavy (non-hydrogen) atoms. The van der Waals surface area contributed by atoms with Gasteiger partial charge in [-0.25, -0.2) is 4.98 Å². The predicted octanol–water partition coefficient (Wildman–Crippen LogP) is 5.79. The van der Waals surface area contributed by atoms with Crippen molar-refractivity contribution in [2.24, 2.45) is 11.8 Å². The minimum absolute atomic E-state index is 0.259. The molecule has 1 unspecified atom stereocenters. The van der Waals surface area contributed by atoms with Crippen LogP contribution in [0.2, 0.25) is 0 Å². The standard InChI is InChI=1S/C26H33N7/c1-17(2)19(5)13-29-26-31-24(23-25(32-26)33(16-30-23)18(3)4)28-15-20-11-12-22(27-14-20)21-9-7-6-8-10-21/h6-12,14,16-19H,13,15H2,1-5H3,(H2,28,29,31,32). The molecule has 3 heterocycles. The van der Waals surface area contributed by atoms with Gasteiger partial charge in [-0.1, -0.05) is 57.2 Å². The number of hydrogen-bond donors (Lipinski definition) is 2. The first-order valence-electron chi connectivity index (χ1n) is 11.6. The zero-order chi connectivity index (χ0) is 23.4. The summed E-state index contributed by atoms with van der Waals surface area (Å²) in [6.45, 7) is 12.4. The Morgan fingerprint density at radius 1 is 0.879 bits per heavy atom. The maximum atomic E-state index is 4.77. The highest BCUT2D eigenvalue weighted by molar-refractivity contribution is 5.84. The molecule has 4 rings (SSSR count). The molecule has 0 fully saturated rings. The van der Waals surface area contributed by atoms with Gasteiger partial charge in [0.1, 0.15) is 0 Å². The first-order chi connectivity index (χ1) is 15.9. The van der Waals surface area contributed by atoms with Crippen LogP contribution in [0.1, 0.15) is 46.2 Å². The van der Waals surface area contributed by atoms with E-state index >= 15 is 0 Å². The van der Waals surface area contributed by atoms with Gasteiger partial charge in [0.15, 0.2) is 17.0 Å². The Morgan fingerprint density at radius 3 is 2.33 bits per heavy atom. The molecule has 0 bridgehead atoms. The Labute approximate surface area is 195 Å². The van der Waals surface area contributed by atoms with Crippen molar-refractivity contribution in [3.05, 3.63) is 60.6 Å². The molecule has 0 aliphatic carbocycles. The monoisotopic (exact) mass is 443 g/mol. The molecule has 7 heteroatoms. The van der Waals surface area contributed by atoms with Crippen LogP contribution >= 0.6 is 0 Å². The lowest BCUT2D eigenvalue weighted by Crippen LogP contribution is -2.18. The smallest absolute Gasteiger partial charge is 0.226 e. The molecule has 0 amide bonds. The second-order valence-corrected chi connectivity index (χ2v) is 9.19. The summed E-state index contributed by atoms with van der Waals surface area (Å²) >= 11 is 0. The number of nitrogens with zero attached hydrogens (tertiary/aromatic N) is 5. The van der Waals surface area contributed by atoms with Gasteiger partial charge >= 0.3 is 0 Å². The third-order valence-corrected chi connectivity index (χ3v) is 6.05. The lowest BCUT2D eigenvalue weighted by Gasteiger charge is -2.17. The fourth-order valence-electron chi connectivity index (χ4n) is 3.48. The van der Waals surface area contributed by atoms with Gasteiger partial charge in [-0.15, -0.1) is 0 Å². The summed E-state index contributed by atoms with van der Waals surface area (Å²) in [6.07, 6.45) is 3.75. The van der Waals surface area contributed by atoms with E-state index in [0.29, 0.717) is 24.3 Å². The van der Waals surface area contributed by atoms with Crippen LogP contribution in [0.5, 0.6) is 0 Å². The first kappa shape index (κ1) is 22.7. The van der Waals surface area contributed by atoms with E-state index in [-0.39, 0.29) is 6.04 Å². The van der Waals surface area contributed by atoms with Gasteiger partial charge in [0, 0.05) is 30.9 Å². The Balaban J connectivity index is 1.55. The molecule has 1 atom stereocenters. The Bertz CT molecular complexity index is 1180. The minimum atomic E-state index is 0.259. The Morgan fingerprint density at radius 2 is 1.67 bits per heavy atom. The van der Waals surface area contributed by atoms with Crippen molar-refractivity contribution >= 4 is 22.9 Å². The largest absolute Gasteiger partial charge is 0.364 e. The third kappa shape index (κ3) is 5.30. The molecule has 2 N–H and O–H groups in total. The van der Waals surface area contributed by atoms with Crippen molar-refractivity contribution in [3.63, 3.8) is 0 Å². The number of fused-ring (bicyclic) bond motifs is 1. The molecule has 0 aliphatic heterocycles. The van der Waals surface area contributed by atoms with Crippen LogP contribution in [-0.4, -0.2) is 31.0 Å². The van der Waals surface area contributed by atoms with Gasteiger partial charge in [0.25, 0.3) is 0 Å². The number of imidazole rings is 1. The van der Waals surface area contributed by atoms with Crippen molar-refractivity contribution in [1.29, 1.82) is 0 Å². The number of nitrogens with one attached hydrogen (secondary N) is 2. The number of rotatable bonds is 9. The summed E-state index contributed by atoms with van der Waals surface area (Å²) in [5, 5.41) is 6.88. The quantitative estimate of drug-likeness (QED) is 0.341. The van der Waals surface area contributed by atoms with Crippen LogP contribution in [0, 0.1) is 11.8 Å². The van der Waals surface area contributed by atoms with Crippen LogP contribution in [0.4, 0.5) is 11.8 Å². The van der Waals surface area contributed by atoms with E-state index in [1.807, 2.05) is 30.7 Å². The van der Waals surface area contributed by atoms with Gasteiger partial charge in [-0.2, -0.15) is 9.97 Å². The molecule has 172 valence electrons. The Hall–Kier alpha value is -3.48. The van der Waals surface area contributed by atoms with Crippen LogP contribution in [0.15, 0.2) is 55.0 Å². The van der Waals surface area contributed by atoms with Crippen molar-refractivity contribution in [2.75, 3.05) is 17.2 Å². The zero-order valence-corrected chi connectivity index (χ0v) is 20.1. The second kappa shape index (κ2) is 9.98. The SMILES string of the molecule is CC(C)C(C)CNc1nc(NCc2ccc(-c3ccccc3)nc2)c2ncn(C(C)C)c2n1. The summed E-state index contributed by atoms with van der Waals surface area (Å²) in [7, 11) is 0. The fraction of sp³-hybridized carbons (Fsp3) is 0.385. The highest BCUT2D eigenvalue weighted by atomic mass is 15.2. The van der Waals surface area contributed by atoms with E-state index in [2.05, 4.69) is 84.1 Å². The molecule has 4 aromatic rings. The minimum Gasteiger partial charge on any atom is -0.364 e. The van der Waals surface area contributed by atoms with Crippen molar-refractivity contribution in [2.45, 2.75) is 47.2 Å². The van der Waals surface area contributed by atoms with Crippen LogP contribution in [0.3, 0.4) is 0 Å². The third-order valence-electron chi connectivity index (χ3n) is 6.05. The molecular weight excluding hydrogens is 410 g/mol. The number of hydrogen-bond acceptors (Lipinski definition) is 6. The van der Waals surface area contributed by atoms with E-state index < -0.39 is 0 Å². The summed E-state index contributed by atoms with van der Waals surface area (Å²) in [5.41, 5.74) is 4.76. The number of benzene rings is 1. The van der Waals surface area contributed by atoms with E-state index in [0.717, 1.165) is 40.3 Å². The van der Waals surface area contributed by atoms with E-state index in [9.17, 15) is 0 Å². The second-order valence-electron chi connectivity index (χ2n) is 9.19. The number of pyridine rings is 1. The summed E-state index contributed by atoms with van der Waals surface area (Å²) in [6, 6.07) is 14.6. The fourth-order valence-corrected chi connectivity index (χ4v) is 3.48. The molecule has 0 spiro atoms. The van der Waals surface area contributed by atoms with Gasteiger partial charge in [-0.3, -0.25) is 4.98 Å². The van der Waals surface area contributed by atoms with Crippen LogP contribution < -0.4 is 10.6 Å². The normalized spacial score (nSPS) is 12.5. The van der Waals surface area contributed by atoms with Crippen LogP contribution in [0.25, 0.3) is 22.4 Å². The Kier molecular flexibility index (Phi) is 6.87. The molecule has 0 aliphatic rings. The predicted molar refractivity (Wildman–Crippen MR) is 135 cm³/mol. The van der Waals surface area contributed by atoms with Gasteiger partial charge in [0.05, 0.1) is 12.0 Å². The summed E-state index contributed by atoms with van der Waals surface area (Å²) < 4.78 is 2.08. The van der Waals surface area contributed by atoms with E-state index in [1.165, 1.54) is 0 Å². The first-order valence-corrected chi connectivity index (χ1v) is 11.6. The van der Waals surface area contributed by atoms with Crippen molar-refractivity contribution in [3.8, 4) is 11.3 Å². The molecule has 3 aromatic heterocycles. The number of anilines is 2. The summed E-state index contributed by atoms with van der Waals surface area (Å²) in [4.78, 5) is 18.8. The highest BCUT2D eigenvalue weighted by Crippen LogP contribution is 2.24. The maximum absolute atomic E-state index is 4.77. The topological polar surface area (TPSA) is 80.5 Å². The molecule has 1 aromatic carbocycles. The summed E-state index contributed by atoms with van der Waals surface area (Å²) in [5.74, 6) is 2.46. The average molecular weight is 444 g/mol. The van der Waals surface area contributed by atoms with E-state index in [4.69, 9.17) is 9.97 Å². The molecule has 0 radical (unpaired) electrons. The zero-order valence-electron chi connectivity index (χ0n) is 20.1. The van der Waals surface area contributed by atoms with Gasteiger partial charge in [0.2, 0.25) is 5.95 Å².